The maximum atomic E-state index is 13.5. The maximum Gasteiger partial charge on any atom is 0.275 e. The van der Waals surface area contributed by atoms with Crippen LogP contribution in [0.25, 0.3) is 0 Å². The minimum atomic E-state index is -4.39. The first-order chi connectivity index (χ1) is 10.6. The van der Waals surface area contributed by atoms with E-state index in [0.717, 1.165) is 24.3 Å². The van der Waals surface area contributed by atoms with Crippen LogP contribution >= 0.6 is 11.6 Å². The van der Waals surface area contributed by atoms with Gasteiger partial charge >= 0.3 is 0 Å². The quantitative estimate of drug-likeness (QED) is 0.664. The molecule has 2 aromatic carbocycles. The average molecular weight is 363 g/mol. The van der Waals surface area contributed by atoms with Crippen LogP contribution in [0, 0.1) is 28.7 Å². The van der Waals surface area contributed by atoms with Gasteiger partial charge in [-0.25, -0.2) is 17.2 Å². The van der Waals surface area contributed by atoms with Crippen molar-refractivity contribution in [1.29, 1.82) is 0 Å². The van der Waals surface area contributed by atoms with Crippen LogP contribution in [0.2, 0.25) is 5.02 Å². The molecule has 0 bridgehead atoms. The fourth-order valence-electron chi connectivity index (χ4n) is 1.76. The molecule has 122 valence electrons. The van der Waals surface area contributed by atoms with E-state index in [4.69, 9.17) is 11.6 Å². The number of nitrogens with zero attached hydrogens (tertiary/aromatic N) is 1. The predicted molar refractivity (Wildman–Crippen MR) is 80.0 cm³/mol. The van der Waals surface area contributed by atoms with Gasteiger partial charge in [-0.1, -0.05) is 11.6 Å². The molecule has 2 rings (SSSR count). The standard InChI is InChI=1S/C13H9ClF2N2O4S/c1-7-10(14)5-9(6-13(7)18(19)20)23(21,22)17-12-4-8(15)2-3-11(12)16/h2-6,17H,1H3. The number of anilines is 1. The number of benzene rings is 2. The summed E-state index contributed by atoms with van der Waals surface area (Å²) in [5, 5.41) is 10.8. The maximum absolute atomic E-state index is 13.5. The normalized spacial score (nSPS) is 11.3. The minimum absolute atomic E-state index is 0.0903. The molecule has 0 aliphatic heterocycles. The van der Waals surface area contributed by atoms with E-state index in [2.05, 4.69) is 0 Å². The molecule has 0 radical (unpaired) electrons. The molecule has 0 saturated heterocycles. The highest BCUT2D eigenvalue weighted by molar-refractivity contribution is 7.92. The van der Waals surface area contributed by atoms with Crippen molar-refractivity contribution in [3.63, 3.8) is 0 Å². The van der Waals surface area contributed by atoms with E-state index in [-0.39, 0.29) is 10.6 Å². The third kappa shape index (κ3) is 3.57. The zero-order chi connectivity index (χ0) is 17.4. The lowest BCUT2D eigenvalue weighted by molar-refractivity contribution is -0.385. The molecule has 0 amide bonds. The number of rotatable bonds is 4. The monoisotopic (exact) mass is 362 g/mol. The fourth-order valence-corrected chi connectivity index (χ4v) is 3.15. The Hall–Kier alpha value is -2.26. The number of halogens is 3. The first-order valence-electron chi connectivity index (χ1n) is 6.04. The van der Waals surface area contributed by atoms with Crippen LogP contribution in [0.4, 0.5) is 20.2 Å². The van der Waals surface area contributed by atoms with E-state index in [9.17, 15) is 27.3 Å². The van der Waals surface area contributed by atoms with E-state index in [1.54, 1.807) is 0 Å². The van der Waals surface area contributed by atoms with Gasteiger partial charge in [-0.2, -0.15) is 0 Å². The van der Waals surface area contributed by atoms with Crippen molar-refractivity contribution in [1.82, 2.24) is 0 Å². The molecule has 0 aromatic heterocycles. The molecule has 0 fully saturated rings. The molecule has 0 aliphatic rings. The molecule has 0 unspecified atom stereocenters. The zero-order valence-electron chi connectivity index (χ0n) is 11.5. The van der Waals surface area contributed by atoms with Gasteiger partial charge in [-0.05, 0) is 25.1 Å². The highest BCUT2D eigenvalue weighted by atomic mass is 35.5. The molecule has 6 nitrogen and oxygen atoms in total. The molecule has 10 heteroatoms. The van der Waals surface area contributed by atoms with Crippen molar-refractivity contribution >= 4 is 33.0 Å². The Kier molecular flexibility index (Phi) is 4.53. The second-order valence-corrected chi connectivity index (χ2v) is 6.63. The van der Waals surface area contributed by atoms with E-state index < -0.39 is 42.9 Å². The van der Waals surface area contributed by atoms with Crippen molar-refractivity contribution in [2.45, 2.75) is 11.8 Å². The van der Waals surface area contributed by atoms with Gasteiger partial charge in [0.1, 0.15) is 11.6 Å². The Balaban J connectivity index is 2.52. The van der Waals surface area contributed by atoms with Gasteiger partial charge < -0.3 is 0 Å². The van der Waals surface area contributed by atoms with Gasteiger partial charge in [-0.15, -0.1) is 0 Å². The van der Waals surface area contributed by atoms with Gasteiger partial charge in [0.05, 0.1) is 20.5 Å². The number of hydrogen-bond donors (Lipinski definition) is 1. The summed E-state index contributed by atoms with van der Waals surface area (Å²) in [5.41, 5.74) is -1.03. The summed E-state index contributed by atoms with van der Waals surface area (Å²) in [6, 6.07) is 4.00. The summed E-state index contributed by atoms with van der Waals surface area (Å²) >= 11 is 5.80. The van der Waals surface area contributed by atoms with Gasteiger partial charge in [0, 0.05) is 17.7 Å². The van der Waals surface area contributed by atoms with Crippen molar-refractivity contribution in [3.8, 4) is 0 Å². The second-order valence-electron chi connectivity index (χ2n) is 4.54. The van der Waals surface area contributed by atoms with Crippen molar-refractivity contribution in [2.75, 3.05) is 4.72 Å². The van der Waals surface area contributed by atoms with Crippen LogP contribution in [0.3, 0.4) is 0 Å². The lowest BCUT2D eigenvalue weighted by Crippen LogP contribution is -2.14. The summed E-state index contributed by atoms with van der Waals surface area (Å²) in [6.07, 6.45) is 0. The van der Waals surface area contributed by atoms with Crippen molar-refractivity contribution < 1.29 is 22.1 Å². The van der Waals surface area contributed by atoms with E-state index >= 15 is 0 Å². The van der Waals surface area contributed by atoms with E-state index in [1.165, 1.54) is 6.92 Å². The summed E-state index contributed by atoms with van der Waals surface area (Å²) < 4.78 is 52.9. The average Bonchev–Trinajstić information content (AvgIpc) is 2.44. The number of nitro benzene ring substituents is 1. The van der Waals surface area contributed by atoms with Crippen LogP contribution in [0.15, 0.2) is 35.2 Å². The van der Waals surface area contributed by atoms with Crippen LogP contribution in [-0.2, 0) is 10.0 Å². The van der Waals surface area contributed by atoms with E-state index in [1.807, 2.05) is 4.72 Å². The molecule has 1 N–H and O–H groups in total. The fraction of sp³-hybridized carbons (Fsp3) is 0.0769. The van der Waals surface area contributed by atoms with Gasteiger partial charge in [-0.3, -0.25) is 14.8 Å². The van der Waals surface area contributed by atoms with Crippen molar-refractivity contribution in [2.24, 2.45) is 0 Å². The highest BCUT2D eigenvalue weighted by Crippen LogP contribution is 2.30. The summed E-state index contributed by atoms with van der Waals surface area (Å²) in [4.78, 5) is 9.61. The van der Waals surface area contributed by atoms with Crippen LogP contribution in [-0.4, -0.2) is 13.3 Å². The highest BCUT2D eigenvalue weighted by Gasteiger charge is 2.23. The van der Waals surface area contributed by atoms with Gasteiger partial charge in [0.25, 0.3) is 15.7 Å². The molecular weight excluding hydrogens is 354 g/mol. The molecule has 23 heavy (non-hydrogen) atoms. The second kappa shape index (κ2) is 6.09. The Labute approximate surface area is 134 Å². The zero-order valence-corrected chi connectivity index (χ0v) is 13.1. The third-order valence-electron chi connectivity index (χ3n) is 2.97. The Morgan fingerprint density at radius 3 is 2.48 bits per heavy atom. The minimum Gasteiger partial charge on any atom is -0.277 e. The van der Waals surface area contributed by atoms with E-state index in [0.29, 0.717) is 6.07 Å². The number of nitrogens with one attached hydrogen (secondary N) is 1. The molecule has 0 saturated carbocycles. The first kappa shape index (κ1) is 17.1. The summed E-state index contributed by atoms with van der Waals surface area (Å²) in [7, 11) is -4.39. The Morgan fingerprint density at radius 1 is 1.22 bits per heavy atom. The molecular formula is C13H9ClF2N2O4S. The summed E-state index contributed by atoms with van der Waals surface area (Å²) in [6.45, 7) is 1.36. The van der Waals surface area contributed by atoms with Gasteiger partial charge in [0.15, 0.2) is 0 Å². The predicted octanol–water partition coefficient (Wildman–Crippen LogP) is 3.64. The van der Waals surface area contributed by atoms with Gasteiger partial charge in [0.2, 0.25) is 0 Å². The molecule has 0 spiro atoms. The number of nitro groups is 1. The summed E-state index contributed by atoms with van der Waals surface area (Å²) in [5.74, 6) is -1.85. The molecule has 0 atom stereocenters. The smallest absolute Gasteiger partial charge is 0.275 e. The van der Waals surface area contributed by atoms with Crippen molar-refractivity contribution in [3.05, 3.63) is 62.7 Å². The largest absolute Gasteiger partial charge is 0.277 e. The molecule has 0 heterocycles. The molecule has 2 aromatic rings. The number of hydrogen-bond acceptors (Lipinski definition) is 4. The third-order valence-corrected chi connectivity index (χ3v) is 4.71. The Morgan fingerprint density at radius 2 is 1.87 bits per heavy atom. The SMILES string of the molecule is Cc1c(Cl)cc(S(=O)(=O)Nc2cc(F)ccc2F)cc1[N+](=O)[O-]. The number of sulfonamides is 1. The van der Waals surface area contributed by atoms with Crippen LogP contribution < -0.4 is 4.72 Å². The lowest BCUT2D eigenvalue weighted by atomic mass is 10.2. The van der Waals surface area contributed by atoms with Crippen LogP contribution in [0.1, 0.15) is 5.56 Å². The lowest BCUT2D eigenvalue weighted by Gasteiger charge is -2.10. The first-order valence-corrected chi connectivity index (χ1v) is 7.90. The van der Waals surface area contributed by atoms with Crippen LogP contribution in [0.5, 0.6) is 0 Å². The molecule has 0 aliphatic carbocycles. The topological polar surface area (TPSA) is 89.3 Å². The Bertz CT molecular complexity index is 903.